The molecule has 9 nitrogen and oxygen atoms in total. The normalized spacial score (nSPS) is 12.5. The van der Waals surface area contributed by atoms with E-state index in [2.05, 4.69) is 24.5 Å². The first-order chi connectivity index (χ1) is 21.8. The number of nitrogens with zero attached hydrogens (tertiary/aromatic N) is 1. The lowest BCUT2D eigenvalue weighted by atomic mass is 10.0. The van der Waals surface area contributed by atoms with E-state index >= 15 is 0 Å². The van der Waals surface area contributed by atoms with E-state index in [9.17, 15) is 9.59 Å². The molecule has 45 heavy (non-hydrogen) atoms. The van der Waals surface area contributed by atoms with Crippen molar-refractivity contribution in [2.24, 2.45) is 17.2 Å². The second-order valence-electron chi connectivity index (χ2n) is 13.2. The van der Waals surface area contributed by atoms with Gasteiger partial charge in [-0.05, 0) is 32.1 Å². The van der Waals surface area contributed by atoms with Crippen molar-refractivity contribution in [3.8, 4) is 0 Å². The van der Waals surface area contributed by atoms with Crippen molar-refractivity contribution in [1.82, 2.24) is 15.5 Å². The van der Waals surface area contributed by atoms with E-state index in [0.29, 0.717) is 32.4 Å². The molecule has 0 aromatic carbocycles. The lowest BCUT2D eigenvalue weighted by Gasteiger charge is -2.26. The third-order valence-electron chi connectivity index (χ3n) is 8.79. The largest absolute Gasteiger partial charge is 0.370 e. The van der Waals surface area contributed by atoms with Crippen molar-refractivity contribution < 1.29 is 9.59 Å². The number of nitrogens with one attached hydrogen (secondary N) is 3. The highest BCUT2D eigenvalue weighted by Gasteiger charge is 2.21. The summed E-state index contributed by atoms with van der Waals surface area (Å²) in [6.45, 7) is 6.90. The molecular formula is C36H75N7O2. The van der Waals surface area contributed by atoms with Gasteiger partial charge in [-0.2, -0.15) is 0 Å². The number of guanidine groups is 1. The van der Waals surface area contributed by atoms with Crippen molar-refractivity contribution in [1.29, 1.82) is 5.41 Å². The molecule has 9 heteroatoms. The molecule has 0 heterocycles. The van der Waals surface area contributed by atoms with Gasteiger partial charge in [0, 0.05) is 26.2 Å². The maximum absolute atomic E-state index is 13.3. The van der Waals surface area contributed by atoms with Crippen LogP contribution in [0.15, 0.2) is 0 Å². The van der Waals surface area contributed by atoms with E-state index in [1.165, 1.54) is 116 Å². The summed E-state index contributed by atoms with van der Waals surface area (Å²) in [5.41, 5.74) is 17.6. The lowest BCUT2D eigenvalue weighted by Crippen LogP contribution is -2.47. The third-order valence-corrected chi connectivity index (χ3v) is 8.79. The Kier molecular flexibility index (Phi) is 30.8. The third kappa shape index (κ3) is 28.1. The average Bonchev–Trinajstić information content (AvgIpc) is 3.02. The molecule has 0 aliphatic rings. The Morgan fingerprint density at radius 1 is 0.556 bits per heavy atom. The van der Waals surface area contributed by atoms with Crippen LogP contribution in [0.1, 0.15) is 174 Å². The molecule has 0 aliphatic carbocycles. The number of hydrogen-bond donors (Lipinski definition) is 6. The Morgan fingerprint density at radius 2 is 0.956 bits per heavy atom. The van der Waals surface area contributed by atoms with E-state index < -0.39 is 12.1 Å². The molecule has 266 valence electrons. The number of carbonyl (C=O) groups excluding carboxylic acids is 2. The highest BCUT2D eigenvalue weighted by atomic mass is 16.2. The van der Waals surface area contributed by atoms with Gasteiger partial charge in [0.15, 0.2) is 5.96 Å². The van der Waals surface area contributed by atoms with E-state index in [-0.39, 0.29) is 17.8 Å². The quantitative estimate of drug-likeness (QED) is 0.0261. The summed E-state index contributed by atoms with van der Waals surface area (Å²) in [7, 11) is 0. The van der Waals surface area contributed by atoms with Gasteiger partial charge in [0.2, 0.25) is 11.8 Å². The number of carbonyl (C=O) groups is 2. The van der Waals surface area contributed by atoms with Gasteiger partial charge in [-0.1, -0.05) is 142 Å². The monoisotopic (exact) mass is 638 g/mol. The second-order valence-corrected chi connectivity index (χ2v) is 13.2. The van der Waals surface area contributed by atoms with Gasteiger partial charge in [-0.15, -0.1) is 0 Å². The number of rotatable bonds is 33. The second kappa shape index (κ2) is 32.1. The molecule has 0 radical (unpaired) electrons. The van der Waals surface area contributed by atoms with Crippen LogP contribution in [0.4, 0.5) is 0 Å². The van der Waals surface area contributed by atoms with Crippen LogP contribution in [-0.4, -0.2) is 60.9 Å². The standard InChI is InChI=1S/C36H75N7O2/c1-3-5-7-9-11-13-15-16-18-20-22-24-31-43(30-23-21-19-17-14-12-10-8-6-4-2)35(45)33(38)27-29-41-34(44)32(37)26-25-28-42-36(39)40/h32-33H,3-31,37-38H2,1-2H3,(H,41,44)(H4,39,40,42). The summed E-state index contributed by atoms with van der Waals surface area (Å²) in [5.74, 6) is -0.327. The Hall–Kier alpha value is -1.87. The Morgan fingerprint density at radius 3 is 1.36 bits per heavy atom. The summed E-state index contributed by atoms with van der Waals surface area (Å²) in [4.78, 5) is 27.7. The van der Waals surface area contributed by atoms with E-state index in [1.807, 2.05) is 4.90 Å². The van der Waals surface area contributed by atoms with Crippen molar-refractivity contribution in [3.63, 3.8) is 0 Å². The summed E-state index contributed by atoms with van der Waals surface area (Å²) in [6.07, 6.45) is 29.9. The Labute approximate surface area is 277 Å². The molecule has 0 saturated carbocycles. The molecule has 2 unspecified atom stereocenters. The van der Waals surface area contributed by atoms with Crippen LogP contribution in [0.5, 0.6) is 0 Å². The zero-order valence-corrected chi connectivity index (χ0v) is 29.7. The minimum atomic E-state index is -0.635. The summed E-state index contributed by atoms with van der Waals surface area (Å²) in [5, 5.41) is 12.7. The number of unbranched alkanes of at least 4 members (excludes halogenated alkanes) is 20. The van der Waals surface area contributed by atoms with Crippen molar-refractivity contribution in [2.75, 3.05) is 26.2 Å². The molecule has 0 aromatic heterocycles. The van der Waals surface area contributed by atoms with Crippen LogP contribution in [0.25, 0.3) is 0 Å². The maximum atomic E-state index is 13.3. The summed E-state index contributed by atoms with van der Waals surface area (Å²) < 4.78 is 0. The molecule has 0 bridgehead atoms. The van der Waals surface area contributed by atoms with E-state index in [1.54, 1.807) is 0 Å². The van der Waals surface area contributed by atoms with Gasteiger partial charge in [0.05, 0.1) is 12.1 Å². The molecule has 0 rings (SSSR count). The van der Waals surface area contributed by atoms with Gasteiger partial charge < -0.3 is 32.7 Å². The molecule has 0 saturated heterocycles. The van der Waals surface area contributed by atoms with Gasteiger partial charge >= 0.3 is 0 Å². The molecule has 0 spiro atoms. The Bertz CT molecular complexity index is 707. The lowest BCUT2D eigenvalue weighted by molar-refractivity contribution is -0.133. The smallest absolute Gasteiger partial charge is 0.239 e. The highest BCUT2D eigenvalue weighted by molar-refractivity contribution is 5.82. The number of nitrogens with two attached hydrogens (primary N) is 3. The van der Waals surface area contributed by atoms with Crippen molar-refractivity contribution in [2.45, 2.75) is 186 Å². The molecular weight excluding hydrogens is 562 g/mol. The summed E-state index contributed by atoms with van der Waals surface area (Å²) >= 11 is 0. The van der Waals surface area contributed by atoms with Crippen LogP contribution >= 0.6 is 0 Å². The first-order valence-electron chi connectivity index (χ1n) is 19.0. The van der Waals surface area contributed by atoms with Crippen LogP contribution < -0.4 is 27.8 Å². The molecule has 0 aliphatic heterocycles. The average molecular weight is 638 g/mol. The first kappa shape index (κ1) is 43.1. The van der Waals surface area contributed by atoms with Crippen LogP contribution in [0.2, 0.25) is 0 Å². The predicted molar refractivity (Wildman–Crippen MR) is 192 cm³/mol. The molecule has 9 N–H and O–H groups in total. The van der Waals surface area contributed by atoms with Gasteiger partial charge in [0.1, 0.15) is 0 Å². The molecule has 0 aromatic rings. The highest BCUT2D eigenvalue weighted by Crippen LogP contribution is 2.14. The number of amides is 2. The summed E-state index contributed by atoms with van der Waals surface area (Å²) in [6, 6.07) is -1.26. The minimum absolute atomic E-state index is 0.00264. The van der Waals surface area contributed by atoms with Gasteiger partial charge in [-0.25, -0.2) is 0 Å². The zero-order chi connectivity index (χ0) is 33.4. The van der Waals surface area contributed by atoms with Crippen LogP contribution in [-0.2, 0) is 9.59 Å². The van der Waals surface area contributed by atoms with Crippen molar-refractivity contribution >= 4 is 17.8 Å². The fourth-order valence-electron chi connectivity index (χ4n) is 5.78. The SMILES string of the molecule is CCCCCCCCCCCCCCN(CCCCCCCCCCCC)C(=O)C(N)CCNC(=O)C(N)CCCNC(=N)N. The molecule has 2 amide bonds. The predicted octanol–water partition coefficient (Wildman–Crippen LogP) is 6.86. The minimum Gasteiger partial charge on any atom is -0.370 e. The van der Waals surface area contributed by atoms with E-state index in [0.717, 1.165) is 38.8 Å². The van der Waals surface area contributed by atoms with E-state index in [4.69, 9.17) is 22.6 Å². The molecule has 0 fully saturated rings. The first-order valence-corrected chi connectivity index (χ1v) is 19.0. The fraction of sp³-hybridized carbons (Fsp3) is 0.917. The maximum Gasteiger partial charge on any atom is 0.239 e. The van der Waals surface area contributed by atoms with Crippen molar-refractivity contribution in [3.05, 3.63) is 0 Å². The number of hydrogen-bond acceptors (Lipinski definition) is 5. The zero-order valence-electron chi connectivity index (χ0n) is 29.7. The van der Waals surface area contributed by atoms with Gasteiger partial charge in [-0.3, -0.25) is 15.0 Å². The Balaban J connectivity index is 4.44. The van der Waals surface area contributed by atoms with Gasteiger partial charge in [0.25, 0.3) is 0 Å². The van der Waals surface area contributed by atoms with Crippen LogP contribution in [0.3, 0.4) is 0 Å². The topological polar surface area (TPSA) is 163 Å². The molecule has 2 atom stereocenters. The fourth-order valence-corrected chi connectivity index (χ4v) is 5.78. The van der Waals surface area contributed by atoms with Crippen LogP contribution in [0, 0.1) is 5.41 Å².